The van der Waals surface area contributed by atoms with E-state index in [0.717, 1.165) is 62.5 Å². The van der Waals surface area contributed by atoms with Crippen molar-refractivity contribution in [3.05, 3.63) is 34.9 Å². The largest absolute Gasteiger partial charge is 0.382 e. The van der Waals surface area contributed by atoms with E-state index in [1.807, 2.05) is 32.2 Å². The Hall–Kier alpha value is -0.790. The number of rotatable bonds is 13. The fraction of sp³-hybridized carbons (Fsp3) is 0.778. The van der Waals surface area contributed by atoms with Gasteiger partial charge in [-0.25, -0.2) is 8.78 Å². The third kappa shape index (κ3) is 8.70. The molecule has 1 saturated carbocycles. The maximum atomic E-state index is 13.7. The van der Waals surface area contributed by atoms with E-state index in [1.54, 1.807) is 0 Å². The van der Waals surface area contributed by atoms with Gasteiger partial charge in [0.1, 0.15) is 0 Å². The summed E-state index contributed by atoms with van der Waals surface area (Å²) in [6, 6.07) is 8.41. The summed E-state index contributed by atoms with van der Waals surface area (Å²) in [5.41, 5.74) is 1.13. The van der Waals surface area contributed by atoms with Crippen LogP contribution < -0.4 is 5.32 Å². The summed E-state index contributed by atoms with van der Waals surface area (Å²) in [5.74, 6) is -1.71. The van der Waals surface area contributed by atoms with Gasteiger partial charge in [0, 0.05) is 62.7 Å². The van der Waals surface area contributed by atoms with Crippen LogP contribution in [0.5, 0.6) is 0 Å². The number of hydrogen-bond acceptors (Lipinski definition) is 4. The molecule has 0 radical (unpaired) electrons. The number of benzene rings is 1. The monoisotopic (exact) mass is 500 g/mol. The molecule has 2 aliphatic rings. The number of nitrogens with zero attached hydrogens (tertiary/aromatic N) is 1. The average Bonchev–Trinajstić information content (AvgIpc) is 2.82. The SMILES string of the molecule is CCOCCCO[C@@H](c1cccc(Cl)c1)[C@@H]1CCCN(C(CNC)CC2CCC(F)(F)CC2)C1. The highest BCUT2D eigenvalue weighted by atomic mass is 35.5. The van der Waals surface area contributed by atoms with Gasteiger partial charge in [0.15, 0.2) is 0 Å². The standard InChI is InChI=1S/C27H43ClF2N2O2/c1-3-33-15-6-16-34-26(22-7-4-9-24(28)18-22)23-8-5-14-32(20-23)25(19-31-2)17-21-10-12-27(29,30)13-11-21/h4,7,9,18,21,23,25-26,31H,3,5-6,8,10-17,19-20H2,1-2H3/t23-,25?,26+/m1/s1. The molecule has 3 atom stereocenters. The normalized spacial score (nSPS) is 23.6. The summed E-state index contributed by atoms with van der Waals surface area (Å²) in [7, 11) is 1.99. The van der Waals surface area contributed by atoms with Crippen molar-refractivity contribution in [3.8, 4) is 0 Å². The van der Waals surface area contributed by atoms with Crippen molar-refractivity contribution >= 4 is 11.6 Å². The number of nitrogens with one attached hydrogen (secondary N) is 1. The molecule has 0 aromatic heterocycles. The number of alkyl halides is 2. The van der Waals surface area contributed by atoms with Gasteiger partial charge in [-0.1, -0.05) is 23.7 Å². The Balaban J connectivity index is 1.65. The first-order valence-electron chi connectivity index (χ1n) is 13.1. The lowest BCUT2D eigenvalue weighted by Crippen LogP contribution is -2.49. The molecule has 1 saturated heterocycles. The van der Waals surface area contributed by atoms with Crippen molar-refractivity contribution in [2.24, 2.45) is 11.8 Å². The maximum Gasteiger partial charge on any atom is 0.248 e. The molecule has 0 spiro atoms. The van der Waals surface area contributed by atoms with E-state index in [2.05, 4.69) is 16.3 Å². The second kappa shape index (κ2) is 14.1. The summed E-state index contributed by atoms with van der Waals surface area (Å²) < 4.78 is 39.3. The Morgan fingerprint density at radius 2 is 2.00 bits per heavy atom. The highest BCUT2D eigenvalue weighted by Gasteiger charge is 2.37. The molecule has 4 nitrogen and oxygen atoms in total. The average molecular weight is 501 g/mol. The summed E-state index contributed by atoms with van der Waals surface area (Å²) in [6.07, 6.45) is 5.44. The first-order valence-corrected chi connectivity index (χ1v) is 13.5. The van der Waals surface area contributed by atoms with Crippen LogP contribution in [0.4, 0.5) is 8.78 Å². The molecule has 7 heteroatoms. The second-order valence-corrected chi connectivity index (χ2v) is 10.5. The van der Waals surface area contributed by atoms with Gasteiger partial charge in [-0.3, -0.25) is 4.90 Å². The minimum absolute atomic E-state index is 0.00765. The number of piperidine rings is 1. The summed E-state index contributed by atoms with van der Waals surface area (Å²) in [6.45, 7) is 6.99. The topological polar surface area (TPSA) is 33.7 Å². The van der Waals surface area contributed by atoms with Crippen molar-refractivity contribution in [2.75, 3.05) is 46.5 Å². The Morgan fingerprint density at radius 1 is 1.21 bits per heavy atom. The van der Waals surface area contributed by atoms with E-state index < -0.39 is 5.92 Å². The number of likely N-dealkylation sites (tertiary alicyclic amines) is 1. The molecule has 0 bridgehead atoms. The van der Waals surface area contributed by atoms with E-state index in [0.29, 0.717) is 43.9 Å². The molecule has 194 valence electrons. The Labute approximate surface area is 209 Å². The maximum absolute atomic E-state index is 13.7. The van der Waals surface area contributed by atoms with Crippen LogP contribution in [0.15, 0.2) is 24.3 Å². The van der Waals surface area contributed by atoms with Crippen LogP contribution >= 0.6 is 11.6 Å². The molecule has 0 amide bonds. The van der Waals surface area contributed by atoms with E-state index >= 15 is 0 Å². The smallest absolute Gasteiger partial charge is 0.248 e. The molecular formula is C27H43ClF2N2O2. The van der Waals surface area contributed by atoms with Crippen LogP contribution in [0.2, 0.25) is 5.02 Å². The van der Waals surface area contributed by atoms with Crippen LogP contribution in [0.1, 0.15) is 70.0 Å². The summed E-state index contributed by atoms with van der Waals surface area (Å²) in [5, 5.41) is 4.09. The van der Waals surface area contributed by atoms with E-state index in [4.69, 9.17) is 21.1 Å². The molecule has 1 heterocycles. The quantitative estimate of drug-likeness (QED) is 0.320. The van der Waals surface area contributed by atoms with Crippen molar-refractivity contribution in [1.29, 1.82) is 0 Å². The first kappa shape index (κ1) is 27.8. The lowest BCUT2D eigenvalue weighted by molar-refractivity contribution is -0.0527. The van der Waals surface area contributed by atoms with E-state index in [9.17, 15) is 8.78 Å². The second-order valence-electron chi connectivity index (χ2n) is 10.0. The minimum Gasteiger partial charge on any atom is -0.382 e. The van der Waals surface area contributed by atoms with Crippen LogP contribution in [-0.4, -0.2) is 63.4 Å². The van der Waals surface area contributed by atoms with Gasteiger partial charge < -0.3 is 14.8 Å². The third-order valence-corrected chi connectivity index (χ3v) is 7.66. The van der Waals surface area contributed by atoms with Crippen molar-refractivity contribution in [1.82, 2.24) is 10.2 Å². The molecule has 1 aliphatic carbocycles. The Morgan fingerprint density at radius 3 is 2.71 bits per heavy atom. The van der Waals surface area contributed by atoms with Crippen molar-refractivity contribution in [3.63, 3.8) is 0 Å². The van der Waals surface area contributed by atoms with Crippen molar-refractivity contribution < 1.29 is 18.3 Å². The van der Waals surface area contributed by atoms with E-state index in [1.165, 1.54) is 0 Å². The molecular weight excluding hydrogens is 458 g/mol. The van der Waals surface area contributed by atoms with E-state index in [-0.39, 0.29) is 18.9 Å². The fourth-order valence-corrected chi connectivity index (χ4v) is 5.84. The minimum atomic E-state index is -2.46. The fourth-order valence-electron chi connectivity index (χ4n) is 5.64. The highest BCUT2D eigenvalue weighted by molar-refractivity contribution is 6.30. The molecule has 34 heavy (non-hydrogen) atoms. The molecule has 1 aliphatic heterocycles. The highest BCUT2D eigenvalue weighted by Crippen LogP contribution is 2.39. The van der Waals surface area contributed by atoms with Gasteiger partial charge in [-0.15, -0.1) is 0 Å². The van der Waals surface area contributed by atoms with Crippen LogP contribution in [0, 0.1) is 11.8 Å². The lowest BCUT2D eigenvalue weighted by Gasteiger charge is -2.42. The number of likely N-dealkylation sites (N-methyl/N-ethyl adjacent to an activating group) is 1. The van der Waals surface area contributed by atoms with Gasteiger partial charge in [0.2, 0.25) is 5.92 Å². The van der Waals surface area contributed by atoms with Crippen molar-refractivity contribution in [2.45, 2.75) is 76.4 Å². The third-order valence-electron chi connectivity index (χ3n) is 7.43. The zero-order valence-electron chi connectivity index (χ0n) is 20.9. The first-order chi connectivity index (χ1) is 16.4. The van der Waals surface area contributed by atoms with Gasteiger partial charge in [0.05, 0.1) is 6.10 Å². The summed E-state index contributed by atoms with van der Waals surface area (Å²) in [4.78, 5) is 2.58. The predicted octanol–water partition coefficient (Wildman–Crippen LogP) is 6.34. The molecule has 2 fully saturated rings. The van der Waals surface area contributed by atoms with Crippen LogP contribution in [-0.2, 0) is 9.47 Å². The molecule has 3 rings (SSSR count). The molecule has 1 unspecified atom stereocenters. The Bertz CT molecular complexity index is 714. The number of halogens is 3. The molecule has 1 aromatic carbocycles. The number of hydrogen-bond donors (Lipinski definition) is 1. The summed E-state index contributed by atoms with van der Waals surface area (Å²) >= 11 is 6.33. The Kier molecular flexibility index (Phi) is 11.5. The molecule has 1 N–H and O–H groups in total. The lowest BCUT2D eigenvalue weighted by atomic mass is 9.81. The van der Waals surface area contributed by atoms with Crippen LogP contribution in [0.25, 0.3) is 0 Å². The molecule has 1 aromatic rings. The number of ether oxygens (including phenoxy) is 2. The zero-order chi connectivity index (χ0) is 24.4. The zero-order valence-corrected chi connectivity index (χ0v) is 21.7. The van der Waals surface area contributed by atoms with Gasteiger partial charge >= 0.3 is 0 Å². The van der Waals surface area contributed by atoms with Gasteiger partial charge in [-0.05, 0) is 82.7 Å². The predicted molar refractivity (Wildman–Crippen MR) is 135 cm³/mol. The van der Waals surface area contributed by atoms with Gasteiger partial charge in [-0.2, -0.15) is 0 Å². The van der Waals surface area contributed by atoms with Crippen LogP contribution in [0.3, 0.4) is 0 Å². The van der Waals surface area contributed by atoms with Gasteiger partial charge in [0.25, 0.3) is 0 Å².